The van der Waals surface area contributed by atoms with Crippen LogP contribution in [-0.4, -0.2) is 21.6 Å². The minimum Gasteiger partial charge on any atom is -0.489 e. The molecule has 2 aromatic carbocycles. The summed E-state index contributed by atoms with van der Waals surface area (Å²) in [7, 11) is 1.42. The van der Waals surface area contributed by atoms with Crippen LogP contribution in [0, 0.1) is 0 Å². The molecule has 10 heteroatoms. The normalized spacial score (nSPS) is 14.0. The summed E-state index contributed by atoms with van der Waals surface area (Å²) >= 11 is 3.17. The van der Waals surface area contributed by atoms with Crippen LogP contribution >= 0.6 is 26.6 Å². The molecule has 2 aromatic rings. The van der Waals surface area contributed by atoms with Gasteiger partial charge in [-0.3, -0.25) is 0 Å². The van der Waals surface area contributed by atoms with Crippen molar-refractivity contribution in [2.24, 2.45) is 0 Å². The fourth-order valence-electron chi connectivity index (χ4n) is 2.50. The predicted molar refractivity (Wildman–Crippen MR) is 102 cm³/mol. The maximum absolute atomic E-state index is 12.8. The van der Waals surface area contributed by atoms with Gasteiger partial charge in [0.25, 0.3) is 9.05 Å². The summed E-state index contributed by atoms with van der Waals surface area (Å²) in [4.78, 5) is 1.63. The molecule has 0 spiro atoms. The number of hydrogen-bond donors (Lipinski definition) is 0. The highest BCUT2D eigenvalue weighted by molar-refractivity contribution is 9.10. The minimum atomic E-state index is -4.44. The van der Waals surface area contributed by atoms with Crippen LogP contribution in [0.3, 0.4) is 0 Å². The van der Waals surface area contributed by atoms with Crippen LogP contribution in [0.5, 0.6) is 5.75 Å². The van der Waals surface area contributed by atoms with E-state index in [0.29, 0.717) is 23.7 Å². The Hall–Kier alpha value is -1.45. The van der Waals surface area contributed by atoms with Crippen LogP contribution < -0.4 is 9.64 Å². The van der Waals surface area contributed by atoms with Gasteiger partial charge in [0, 0.05) is 21.2 Å². The van der Waals surface area contributed by atoms with Gasteiger partial charge < -0.3 is 9.64 Å². The molecule has 3 rings (SSSR count). The number of ether oxygens (including phenoxy) is 1. The van der Waals surface area contributed by atoms with Crippen LogP contribution in [0.25, 0.3) is 0 Å². The average molecular weight is 487 g/mol. The number of anilines is 2. The molecular formula is C17H16BrClF3NO3S. The highest BCUT2D eigenvalue weighted by Gasteiger charge is 2.32. The lowest BCUT2D eigenvalue weighted by molar-refractivity contribution is -0.137. The Kier molecular flexibility index (Phi) is 6.70. The highest BCUT2D eigenvalue weighted by atomic mass is 79.9. The number of rotatable bonds is 2. The summed E-state index contributed by atoms with van der Waals surface area (Å²) < 4.78 is 67.1. The molecule has 0 amide bonds. The van der Waals surface area contributed by atoms with Gasteiger partial charge >= 0.3 is 6.18 Å². The molecule has 0 aromatic heterocycles. The number of hydrogen-bond acceptors (Lipinski definition) is 4. The van der Waals surface area contributed by atoms with E-state index in [1.165, 1.54) is 24.3 Å². The van der Waals surface area contributed by atoms with Crippen LogP contribution in [0.2, 0.25) is 0 Å². The second-order valence-corrected chi connectivity index (χ2v) is 8.65. The number of benzene rings is 2. The van der Waals surface area contributed by atoms with Crippen molar-refractivity contribution in [3.8, 4) is 5.75 Å². The van der Waals surface area contributed by atoms with Crippen LogP contribution in [0.4, 0.5) is 24.5 Å². The molecule has 1 heterocycles. The lowest BCUT2D eigenvalue weighted by Gasteiger charge is -2.32. The van der Waals surface area contributed by atoms with Gasteiger partial charge in [-0.2, -0.15) is 13.2 Å². The van der Waals surface area contributed by atoms with Crippen molar-refractivity contribution in [2.75, 3.05) is 18.1 Å². The summed E-state index contributed by atoms with van der Waals surface area (Å²) in [6.45, 7) is 4.64. The topological polar surface area (TPSA) is 46.6 Å². The van der Waals surface area contributed by atoms with E-state index in [-0.39, 0.29) is 16.0 Å². The lowest BCUT2D eigenvalue weighted by atomic mass is 10.1. The van der Waals surface area contributed by atoms with Gasteiger partial charge in [-0.15, -0.1) is 0 Å². The number of alkyl halides is 3. The first kappa shape index (κ1) is 21.8. The van der Waals surface area contributed by atoms with Crippen molar-refractivity contribution < 1.29 is 26.3 Å². The smallest absolute Gasteiger partial charge is 0.416 e. The second-order valence-electron chi connectivity index (χ2n) is 5.23. The quantitative estimate of drug-likeness (QED) is 0.492. The van der Waals surface area contributed by atoms with E-state index in [9.17, 15) is 21.6 Å². The first-order valence-corrected chi connectivity index (χ1v) is 11.0. The molecule has 0 N–H and O–H groups in total. The zero-order valence-corrected chi connectivity index (χ0v) is 17.5. The Morgan fingerprint density at radius 3 is 2.30 bits per heavy atom. The number of halogens is 5. The molecule has 27 heavy (non-hydrogen) atoms. The molecule has 0 unspecified atom stereocenters. The van der Waals surface area contributed by atoms with Gasteiger partial charge in [-0.1, -0.05) is 13.8 Å². The van der Waals surface area contributed by atoms with E-state index in [2.05, 4.69) is 15.9 Å². The molecule has 0 atom stereocenters. The van der Waals surface area contributed by atoms with Crippen molar-refractivity contribution in [1.82, 2.24) is 0 Å². The van der Waals surface area contributed by atoms with Gasteiger partial charge in [0.2, 0.25) is 0 Å². The largest absolute Gasteiger partial charge is 0.489 e. The SMILES string of the molecule is CC.O=S(=O)(Cl)c1ccc2c(c1)OCCN2c1ccc(C(F)(F)F)cc1Br. The van der Waals surface area contributed by atoms with Crippen molar-refractivity contribution >= 4 is 47.0 Å². The summed E-state index contributed by atoms with van der Waals surface area (Å²) in [5.74, 6) is 0.291. The Morgan fingerprint density at radius 1 is 1.11 bits per heavy atom. The molecule has 0 saturated heterocycles. The summed E-state index contributed by atoms with van der Waals surface area (Å²) in [6, 6.07) is 7.47. The van der Waals surface area contributed by atoms with E-state index in [1.807, 2.05) is 13.8 Å². The van der Waals surface area contributed by atoms with Crippen molar-refractivity contribution in [3.63, 3.8) is 0 Å². The maximum Gasteiger partial charge on any atom is 0.416 e. The molecular weight excluding hydrogens is 471 g/mol. The fourth-order valence-corrected chi connectivity index (χ4v) is 3.86. The van der Waals surface area contributed by atoms with Crippen LogP contribution in [0.15, 0.2) is 45.8 Å². The number of nitrogens with zero attached hydrogens (tertiary/aromatic N) is 1. The van der Waals surface area contributed by atoms with E-state index in [1.54, 1.807) is 4.90 Å². The van der Waals surface area contributed by atoms with Gasteiger partial charge in [0.05, 0.1) is 28.4 Å². The summed E-state index contributed by atoms with van der Waals surface area (Å²) in [5, 5.41) is 0. The minimum absolute atomic E-state index is 0.110. The maximum atomic E-state index is 12.8. The van der Waals surface area contributed by atoms with E-state index >= 15 is 0 Å². The molecule has 0 radical (unpaired) electrons. The summed E-state index contributed by atoms with van der Waals surface area (Å²) in [5.41, 5.74) is 0.287. The third-order valence-corrected chi connectivity index (χ3v) is 5.63. The first-order valence-electron chi connectivity index (χ1n) is 7.93. The Morgan fingerprint density at radius 2 is 1.74 bits per heavy atom. The first-order chi connectivity index (χ1) is 12.6. The third-order valence-electron chi connectivity index (χ3n) is 3.64. The fraction of sp³-hybridized carbons (Fsp3) is 0.294. The monoisotopic (exact) mass is 485 g/mol. The molecule has 0 bridgehead atoms. The Labute approximate surface area is 168 Å². The average Bonchev–Trinajstić information content (AvgIpc) is 2.61. The van der Waals surface area contributed by atoms with Gasteiger partial charge in [-0.05, 0) is 46.3 Å². The molecule has 1 aliphatic rings. The zero-order chi connectivity index (χ0) is 20.4. The molecule has 148 valence electrons. The second kappa shape index (κ2) is 8.28. The summed E-state index contributed by atoms with van der Waals surface area (Å²) in [6.07, 6.45) is -4.44. The molecule has 4 nitrogen and oxygen atoms in total. The lowest BCUT2D eigenvalue weighted by Crippen LogP contribution is -2.29. The van der Waals surface area contributed by atoms with Gasteiger partial charge in [0.1, 0.15) is 12.4 Å². The van der Waals surface area contributed by atoms with Crippen molar-refractivity contribution in [1.29, 1.82) is 0 Å². The molecule has 0 fully saturated rings. The zero-order valence-electron chi connectivity index (χ0n) is 14.3. The van der Waals surface area contributed by atoms with Gasteiger partial charge in [-0.25, -0.2) is 8.42 Å². The van der Waals surface area contributed by atoms with E-state index in [0.717, 1.165) is 12.1 Å². The highest BCUT2D eigenvalue weighted by Crippen LogP contribution is 2.42. The number of fused-ring (bicyclic) bond motifs is 1. The van der Waals surface area contributed by atoms with Crippen LogP contribution in [0.1, 0.15) is 19.4 Å². The Bertz CT molecular complexity index is 936. The van der Waals surface area contributed by atoms with Crippen LogP contribution in [-0.2, 0) is 15.2 Å². The van der Waals surface area contributed by atoms with Gasteiger partial charge in [0.15, 0.2) is 0 Å². The molecule has 1 aliphatic heterocycles. The van der Waals surface area contributed by atoms with Crippen molar-refractivity contribution in [2.45, 2.75) is 24.9 Å². The predicted octanol–water partition coefficient (Wildman–Crippen LogP) is 5.95. The Balaban J connectivity index is 0.00000126. The van der Waals surface area contributed by atoms with E-state index in [4.69, 9.17) is 15.4 Å². The van der Waals surface area contributed by atoms with E-state index < -0.39 is 20.8 Å². The standard InChI is InChI=1S/C15H10BrClF3NO3S.C2H6/c16-11-7-9(15(18,19)20)1-3-12(11)21-5-6-24-14-8-10(25(17,22)23)2-4-13(14)21;1-2/h1-4,7-8H,5-6H2;1-2H3. The molecule has 0 aliphatic carbocycles. The molecule has 0 saturated carbocycles. The van der Waals surface area contributed by atoms with Crippen molar-refractivity contribution in [3.05, 3.63) is 46.4 Å². The third kappa shape index (κ3) is 4.89.